The normalized spacial score (nSPS) is 12.5. The summed E-state index contributed by atoms with van der Waals surface area (Å²) in [6.45, 7) is 9.42. The van der Waals surface area contributed by atoms with Crippen molar-refractivity contribution in [2.45, 2.75) is 33.7 Å². The first kappa shape index (κ1) is 14.7. The molecule has 18 heavy (non-hydrogen) atoms. The topological polar surface area (TPSA) is 41.1 Å². The maximum Gasteiger partial charge on any atom is 0.233 e. The molecule has 3 nitrogen and oxygen atoms in total. The molecule has 1 aromatic carbocycles. The summed E-state index contributed by atoms with van der Waals surface area (Å²) in [5, 5.41) is 6.14. The number of hydrogen-bond acceptors (Lipinski definition) is 2. The number of amides is 1. The van der Waals surface area contributed by atoms with Crippen LogP contribution in [0.1, 0.15) is 37.9 Å². The van der Waals surface area contributed by atoms with Crippen molar-refractivity contribution in [2.75, 3.05) is 13.1 Å². The minimum atomic E-state index is 0.0585. The Labute approximate surface area is 110 Å². The quantitative estimate of drug-likeness (QED) is 0.811. The molecule has 0 unspecified atom stereocenters. The third-order valence-corrected chi connectivity index (χ3v) is 2.82. The van der Waals surface area contributed by atoms with Crippen LogP contribution >= 0.6 is 0 Å². The van der Waals surface area contributed by atoms with Gasteiger partial charge in [-0.3, -0.25) is 4.79 Å². The van der Waals surface area contributed by atoms with Gasteiger partial charge in [-0.2, -0.15) is 0 Å². The van der Waals surface area contributed by atoms with Crippen molar-refractivity contribution in [3.05, 3.63) is 35.4 Å². The number of carbonyl (C=O) groups is 1. The van der Waals surface area contributed by atoms with E-state index in [1.54, 1.807) is 0 Å². The van der Waals surface area contributed by atoms with Crippen molar-refractivity contribution < 1.29 is 4.79 Å². The predicted octanol–water partition coefficient (Wildman–Crippen LogP) is 2.42. The van der Waals surface area contributed by atoms with E-state index in [-0.39, 0.29) is 11.9 Å². The van der Waals surface area contributed by atoms with E-state index in [2.05, 4.69) is 56.5 Å². The molecule has 1 atom stereocenters. The van der Waals surface area contributed by atoms with E-state index in [9.17, 15) is 4.79 Å². The maximum atomic E-state index is 11.6. The summed E-state index contributed by atoms with van der Waals surface area (Å²) in [5.74, 6) is 0.548. The number of benzene rings is 1. The van der Waals surface area contributed by atoms with Gasteiger partial charge in [0.15, 0.2) is 0 Å². The molecule has 0 aliphatic rings. The van der Waals surface area contributed by atoms with Crippen LogP contribution < -0.4 is 10.6 Å². The Morgan fingerprint density at radius 1 is 1.28 bits per heavy atom. The molecule has 0 aromatic heterocycles. The highest BCUT2D eigenvalue weighted by Gasteiger charge is 2.07. The Kier molecular flexibility index (Phi) is 5.86. The Bertz CT molecular complexity index is 388. The van der Waals surface area contributed by atoms with Crippen molar-refractivity contribution in [3.63, 3.8) is 0 Å². The molecule has 0 fully saturated rings. The lowest BCUT2D eigenvalue weighted by molar-refractivity contribution is -0.120. The summed E-state index contributed by atoms with van der Waals surface area (Å²) in [5.41, 5.74) is 2.46. The zero-order valence-electron chi connectivity index (χ0n) is 11.8. The molecular weight excluding hydrogens is 224 g/mol. The van der Waals surface area contributed by atoms with Crippen molar-refractivity contribution in [1.82, 2.24) is 10.6 Å². The highest BCUT2D eigenvalue weighted by molar-refractivity contribution is 5.78. The minimum absolute atomic E-state index is 0.0585. The molecule has 3 heteroatoms. The fourth-order valence-corrected chi connectivity index (χ4v) is 1.68. The van der Waals surface area contributed by atoms with E-state index in [1.807, 2.05) is 6.07 Å². The van der Waals surface area contributed by atoms with Gasteiger partial charge < -0.3 is 10.6 Å². The average molecular weight is 248 g/mol. The molecule has 0 aliphatic heterocycles. The standard InChI is InChI=1S/C15H24N2O/c1-11(2)9-17-15(18)10-16-13(4)14-7-5-6-12(3)8-14/h5-8,11,13,16H,9-10H2,1-4H3,(H,17,18)/t13-/m1/s1. The van der Waals surface area contributed by atoms with E-state index in [0.29, 0.717) is 12.5 Å². The molecule has 0 saturated heterocycles. The van der Waals surface area contributed by atoms with Gasteiger partial charge in [0.2, 0.25) is 5.91 Å². The average Bonchev–Trinajstić information content (AvgIpc) is 2.33. The van der Waals surface area contributed by atoms with Gasteiger partial charge in [0.25, 0.3) is 0 Å². The van der Waals surface area contributed by atoms with Crippen LogP contribution in [0.15, 0.2) is 24.3 Å². The van der Waals surface area contributed by atoms with Crippen molar-refractivity contribution in [2.24, 2.45) is 5.92 Å². The minimum Gasteiger partial charge on any atom is -0.355 e. The summed E-state index contributed by atoms with van der Waals surface area (Å²) < 4.78 is 0. The lowest BCUT2D eigenvalue weighted by Gasteiger charge is -2.15. The molecule has 100 valence electrons. The van der Waals surface area contributed by atoms with E-state index < -0.39 is 0 Å². The number of carbonyl (C=O) groups excluding carboxylic acids is 1. The first-order chi connectivity index (χ1) is 8.49. The van der Waals surface area contributed by atoms with E-state index in [4.69, 9.17) is 0 Å². The van der Waals surface area contributed by atoms with Crippen LogP contribution in [0.5, 0.6) is 0 Å². The first-order valence-corrected chi connectivity index (χ1v) is 6.55. The Hall–Kier alpha value is -1.35. The van der Waals surface area contributed by atoms with Crippen LogP contribution in [0.2, 0.25) is 0 Å². The van der Waals surface area contributed by atoms with Gasteiger partial charge in [0.05, 0.1) is 6.54 Å². The number of rotatable bonds is 6. The van der Waals surface area contributed by atoms with Gasteiger partial charge in [0.1, 0.15) is 0 Å². The SMILES string of the molecule is Cc1cccc([C@@H](C)NCC(=O)NCC(C)C)c1. The van der Waals surface area contributed by atoms with Gasteiger partial charge >= 0.3 is 0 Å². The summed E-state index contributed by atoms with van der Waals surface area (Å²) in [4.78, 5) is 11.6. The van der Waals surface area contributed by atoms with Gasteiger partial charge in [-0.1, -0.05) is 43.7 Å². The largest absolute Gasteiger partial charge is 0.355 e. The zero-order chi connectivity index (χ0) is 13.5. The second-order valence-electron chi connectivity index (χ2n) is 5.21. The van der Waals surface area contributed by atoms with E-state index in [0.717, 1.165) is 6.54 Å². The highest BCUT2D eigenvalue weighted by Crippen LogP contribution is 2.13. The molecule has 0 spiro atoms. The Morgan fingerprint density at radius 2 is 2.00 bits per heavy atom. The summed E-state index contributed by atoms with van der Waals surface area (Å²) in [6, 6.07) is 8.53. The van der Waals surface area contributed by atoms with E-state index >= 15 is 0 Å². The molecule has 0 heterocycles. The summed E-state index contributed by atoms with van der Waals surface area (Å²) in [6.07, 6.45) is 0. The molecule has 1 aromatic rings. The third kappa shape index (κ3) is 5.32. The van der Waals surface area contributed by atoms with Crippen LogP contribution in [0.25, 0.3) is 0 Å². The van der Waals surface area contributed by atoms with Gasteiger partial charge in [-0.15, -0.1) is 0 Å². The van der Waals surface area contributed by atoms with Crippen molar-refractivity contribution >= 4 is 5.91 Å². The lowest BCUT2D eigenvalue weighted by atomic mass is 10.1. The summed E-state index contributed by atoms with van der Waals surface area (Å²) >= 11 is 0. The molecule has 0 radical (unpaired) electrons. The maximum absolute atomic E-state index is 11.6. The fraction of sp³-hybridized carbons (Fsp3) is 0.533. The second-order valence-corrected chi connectivity index (χ2v) is 5.21. The van der Waals surface area contributed by atoms with Crippen LogP contribution in [0.4, 0.5) is 0 Å². The molecular formula is C15H24N2O. The van der Waals surface area contributed by atoms with Crippen LogP contribution in [-0.4, -0.2) is 19.0 Å². The van der Waals surface area contributed by atoms with Gasteiger partial charge in [-0.25, -0.2) is 0 Å². The van der Waals surface area contributed by atoms with Gasteiger partial charge in [0, 0.05) is 12.6 Å². The predicted molar refractivity (Wildman–Crippen MR) is 75.4 cm³/mol. The molecule has 0 saturated carbocycles. The Morgan fingerprint density at radius 3 is 2.61 bits per heavy atom. The second kappa shape index (κ2) is 7.17. The Balaban J connectivity index is 2.37. The lowest BCUT2D eigenvalue weighted by Crippen LogP contribution is -2.36. The number of aryl methyl sites for hydroxylation is 1. The van der Waals surface area contributed by atoms with Gasteiger partial charge in [-0.05, 0) is 25.3 Å². The van der Waals surface area contributed by atoms with Crippen LogP contribution in [0.3, 0.4) is 0 Å². The highest BCUT2D eigenvalue weighted by atomic mass is 16.1. The molecule has 2 N–H and O–H groups in total. The van der Waals surface area contributed by atoms with Crippen molar-refractivity contribution in [3.8, 4) is 0 Å². The zero-order valence-corrected chi connectivity index (χ0v) is 11.8. The molecule has 1 amide bonds. The summed E-state index contributed by atoms with van der Waals surface area (Å²) in [7, 11) is 0. The molecule has 1 rings (SSSR count). The fourth-order valence-electron chi connectivity index (χ4n) is 1.68. The van der Waals surface area contributed by atoms with E-state index in [1.165, 1.54) is 11.1 Å². The number of hydrogen-bond donors (Lipinski definition) is 2. The monoisotopic (exact) mass is 248 g/mol. The number of nitrogens with one attached hydrogen (secondary N) is 2. The van der Waals surface area contributed by atoms with Crippen molar-refractivity contribution in [1.29, 1.82) is 0 Å². The van der Waals surface area contributed by atoms with Crippen LogP contribution in [-0.2, 0) is 4.79 Å². The molecule has 0 bridgehead atoms. The third-order valence-electron chi connectivity index (χ3n) is 2.82. The smallest absolute Gasteiger partial charge is 0.233 e. The van der Waals surface area contributed by atoms with Crippen LogP contribution in [0, 0.1) is 12.8 Å². The molecule has 0 aliphatic carbocycles. The first-order valence-electron chi connectivity index (χ1n) is 6.55.